The molecule has 1 aliphatic rings. The van der Waals surface area contributed by atoms with E-state index >= 15 is 0 Å². The Hall–Kier alpha value is -1.80. The van der Waals surface area contributed by atoms with Crippen LogP contribution in [-0.4, -0.2) is 43.4 Å². The molecule has 3 rings (SSSR count). The van der Waals surface area contributed by atoms with Gasteiger partial charge >= 0.3 is 0 Å². The lowest BCUT2D eigenvalue weighted by molar-refractivity contribution is 0.0661. The van der Waals surface area contributed by atoms with Gasteiger partial charge in [-0.1, -0.05) is 19.1 Å². The van der Waals surface area contributed by atoms with Gasteiger partial charge in [0.25, 0.3) is 5.91 Å². The van der Waals surface area contributed by atoms with Crippen LogP contribution in [0.15, 0.2) is 45.5 Å². The van der Waals surface area contributed by atoms with Crippen molar-refractivity contribution in [2.75, 3.05) is 18.1 Å². The van der Waals surface area contributed by atoms with E-state index < -0.39 is 9.84 Å². The third kappa shape index (κ3) is 4.93. The lowest BCUT2D eigenvalue weighted by Gasteiger charge is -2.28. The zero-order valence-corrected chi connectivity index (χ0v) is 17.5. The summed E-state index contributed by atoms with van der Waals surface area (Å²) in [6, 6.07) is 10.2. The number of ether oxygens (including phenoxy) is 1. The van der Waals surface area contributed by atoms with Gasteiger partial charge in [-0.05, 0) is 53.0 Å². The van der Waals surface area contributed by atoms with Crippen LogP contribution < -0.4 is 4.74 Å². The van der Waals surface area contributed by atoms with Crippen LogP contribution in [0.4, 0.5) is 0 Å². The summed E-state index contributed by atoms with van der Waals surface area (Å²) in [5.41, 5.74) is 0.431. The number of hydrogen-bond donors (Lipinski definition) is 0. The monoisotopic (exact) mass is 455 g/mol. The number of sulfone groups is 1. The van der Waals surface area contributed by atoms with Gasteiger partial charge in [-0.3, -0.25) is 4.79 Å². The smallest absolute Gasteiger partial charge is 0.258 e. The Kier molecular flexibility index (Phi) is 6.26. The van der Waals surface area contributed by atoms with E-state index in [0.29, 0.717) is 34.8 Å². The quantitative estimate of drug-likeness (QED) is 0.636. The third-order valence-corrected chi connectivity index (χ3v) is 6.62. The first-order valence-electron chi connectivity index (χ1n) is 8.87. The molecule has 0 saturated carbocycles. The molecule has 0 N–H and O–H groups in total. The minimum atomic E-state index is -3.13. The van der Waals surface area contributed by atoms with Crippen molar-refractivity contribution >= 4 is 31.7 Å². The molecule has 1 aromatic carbocycles. The minimum Gasteiger partial charge on any atom is -0.493 e. The first-order chi connectivity index (χ1) is 12.9. The second-order valence-corrected chi connectivity index (χ2v) is 9.55. The first kappa shape index (κ1) is 19.9. The normalized spacial score (nSPS) is 18.4. The van der Waals surface area contributed by atoms with Crippen molar-refractivity contribution in [1.82, 2.24) is 4.90 Å². The average molecular weight is 456 g/mol. The first-order valence-corrected chi connectivity index (χ1v) is 11.5. The predicted molar refractivity (Wildman–Crippen MR) is 106 cm³/mol. The number of carbonyl (C=O) groups is 1. The van der Waals surface area contributed by atoms with Crippen LogP contribution in [0.1, 0.15) is 35.9 Å². The number of amides is 1. The molecule has 0 radical (unpaired) electrons. The molecule has 0 unspecified atom stereocenters. The molecule has 146 valence electrons. The van der Waals surface area contributed by atoms with Crippen molar-refractivity contribution in [2.24, 2.45) is 0 Å². The number of carbonyl (C=O) groups excluding carboxylic acids is 1. The van der Waals surface area contributed by atoms with E-state index in [2.05, 4.69) is 15.9 Å². The highest BCUT2D eigenvalue weighted by Gasteiger charge is 2.36. The van der Waals surface area contributed by atoms with E-state index in [1.165, 1.54) is 0 Å². The lowest BCUT2D eigenvalue weighted by atomic mass is 10.1. The van der Waals surface area contributed by atoms with Gasteiger partial charge in [0, 0.05) is 6.04 Å². The molecule has 8 heteroatoms. The van der Waals surface area contributed by atoms with Crippen molar-refractivity contribution in [3.63, 3.8) is 0 Å². The Morgan fingerprint density at radius 2 is 2.07 bits per heavy atom. The fourth-order valence-corrected chi connectivity index (χ4v) is 5.20. The highest BCUT2D eigenvalue weighted by molar-refractivity contribution is 9.10. The maximum atomic E-state index is 13.3. The van der Waals surface area contributed by atoms with E-state index in [4.69, 9.17) is 9.15 Å². The molecule has 1 aromatic heterocycles. The Bertz CT molecular complexity index is 908. The Labute approximate surface area is 167 Å². The fraction of sp³-hybridized carbons (Fsp3) is 0.421. The van der Waals surface area contributed by atoms with Crippen molar-refractivity contribution < 1.29 is 22.4 Å². The van der Waals surface area contributed by atoms with Crippen molar-refractivity contribution in [2.45, 2.75) is 32.4 Å². The molecule has 0 bridgehead atoms. The number of benzene rings is 1. The molecule has 1 aliphatic heterocycles. The Morgan fingerprint density at radius 3 is 2.70 bits per heavy atom. The molecule has 2 heterocycles. The van der Waals surface area contributed by atoms with Crippen LogP contribution in [0.5, 0.6) is 5.75 Å². The largest absolute Gasteiger partial charge is 0.493 e. The van der Waals surface area contributed by atoms with E-state index in [9.17, 15) is 13.2 Å². The number of furan rings is 1. The molecule has 2 aromatic rings. The summed E-state index contributed by atoms with van der Waals surface area (Å²) >= 11 is 3.26. The second-order valence-electron chi connectivity index (χ2n) is 6.54. The topological polar surface area (TPSA) is 76.8 Å². The van der Waals surface area contributed by atoms with Gasteiger partial charge in [0.2, 0.25) is 0 Å². The van der Waals surface area contributed by atoms with Crippen LogP contribution >= 0.6 is 15.9 Å². The van der Waals surface area contributed by atoms with Crippen LogP contribution in [-0.2, 0) is 16.4 Å². The summed E-state index contributed by atoms with van der Waals surface area (Å²) in [6.45, 7) is 2.70. The Balaban J connectivity index is 1.91. The minimum absolute atomic E-state index is 0.0292. The summed E-state index contributed by atoms with van der Waals surface area (Å²) in [6.07, 6.45) is 1.25. The van der Waals surface area contributed by atoms with E-state index in [1.54, 1.807) is 35.2 Å². The van der Waals surface area contributed by atoms with Crippen LogP contribution in [0.25, 0.3) is 0 Å². The maximum Gasteiger partial charge on any atom is 0.258 e. The molecule has 1 saturated heterocycles. The summed E-state index contributed by atoms with van der Waals surface area (Å²) in [4.78, 5) is 14.9. The highest BCUT2D eigenvalue weighted by Crippen LogP contribution is 2.27. The second kappa shape index (κ2) is 8.48. The lowest BCUT2D eigenvalue weighted by Crippen LogP contribution is -2.40. The van der Waals surface area contributed by atoms with Crippen LogP contribution in [0, 0.1) is 0 Å². The van der Waals surface area contributed by atoms with Gasteiger partial charge in [-0.2, -0.15) is 0 Å². The summed E-state index contributed by atoms with van der Waals surface area (Å²) in [7, 11) is -3.13. The molecule has 0 spiro atoms. The van der Waals surface area contributed by atoms with Crippen LogP contribution in [0.3, 0.4) is 0 Å². The summed E-state index contributed by atoms with van der Waals surface area (Å²) < 4.78 is 35.8. The van der Waals surface area contributed by atoms with Crippen molar-refractivity contribution in [3.05, 3.63) is 52.4 Å². The van der Waals surface area contributed by atoms with Gasteiger partial charge in [0.05, 0.1) is 30.2 Å². The fourth-order valence-electron chi connectivity index (χ4n) is 3.13. The number of hydrogen-bond acceptors (Lipinski definition) is 5. The van der Waals surface area contributed by atoms with Crippen molar-refractivity contribution in [3.8, 4) is 5.75 Å². The zero-order valence-electron chi connectivity index (χ0n) is 15.1. The zero-order chi connectivity index (χ0) is 19.4. The van der Waals surface area contributed by atoms with Gasteiger partial charge < -0.3 is 14.1 Å². The number of halogens is 1. The molecule has 1 fully saturated rings. The van der Waals surface area contributed by atoms with E-state index in [0.717, 1.165) is 6.42 Å². The molecule has 27 heavy (non-hydrogen) atoms. The van der Waals surface area contributed by atoms with E-state index in [-0.39, 0.29) is 30.0 Å². The van der Waals surface area contributed by atoms with Gasteiger partial charge in [0.15, 0.2) is 14.5 Å². The Morgan fingerprint density at radius 1 is 1.30 bits per heavy atom. The molecule has 0 aliphatic carbocycles. The standard InChI is InChI=1S/C19H22BrNO5S/c1-2-10-25-17-6-4-3-5-16(17)19(22)21(12-15-7-8-18(20)26-15)14-9-11-27(23,24)13-14/h3-8,14H,2,9-13H2,1H3/t14-/m0/s1. The molecule has 1 atom stereocenters. The number of rotatable bonds is 7. The summed E-state index contributed by atoms with van der Waals surface area (Å²) in [5, 5.41) is 0. The van der Waals surface area contributed by atoms with Gasteiger partial charge in [-0.15, -0.1) is 0 Å². The van der Waals surface area contributed by atoms with E-state index in [1.807, 2.05) is 13.0 Å². The highest BCUT2D eigenvalue weighted by atomic mass is 79.9. The van der Waals surface area contributed by atoms with Gasteiger partial charge in [0.1, 0.15) is 11.5 Å². The molecular formula is C19H22BrNO5S. The van der Waals surface area contributed by atoms with Crippen molar-refractivity contribution in [1.29, 1.82) is 0 Å². The molecule has 6 nitrogen and oxygen atoms in total. The molecule has 1 amide bonds. The van der Waals surface area contributed by atoms with Crippen LogP contribution in [0.2, 0.25) is 0 Å². The molecular weight excluding hydrogens is 434 g/mol. The number of nitrogens with zero attached hydrogens (tertiary/aromatic N) is 1. The SMILES string of the molecule is CCCOc1ccccc1C(=O)N(Cc1ccc(Br)o1)[C@H]1CCS(=O)(=O)C1. The maximum absolute atomic E-state index is 13.3. The summed E-state index contributed by atoms with van der Waals surface area (Å²) in [5.74, 6) is 0.911. The number of para-hydroxylation sites is 1. The predicted octanol–water partition coefficient (Wildman–Crippen LogP) is 3.66. The average Bonchev–Trinajstić information content (AvgIpc) is 3.22. The third-order valence-electron chi connectivity index (χ3n) is 4.44. The van der Waals surface area contributed by atoms with Gasteiger partial charge in [-0.25, -0.2) is 8.42 Å².